The van der Waals surface area contributed by atoms with Crippen LogP contribution in [-0.4, -0.2) is 24.0 Å². The van der Waals surface area contributed by atoms with Crippen molar-refractivity contribution >= 4 is 11.8 Å². The fraction of sp³-hybridized carbons (Fsp3) is 0.250. The van der Waals surface area contributed by atoms with Gasteiger partial charge in [0.1, 0.15) is 22.2 Å². The summed E-state index contributed by atoms with van der Waals surface area (Å²) in [5.41, 5.74) is -0.972. The molecule has 0 fully saturated rings. The molecule has 0 aliphatic carbocycles. The number of alkyl halides is 3. The predicted octanol–water partition coefficient (Wildman–Crippen LogP) is 3.01. The van der Waals surface area contributed by atoms with E-state index in [1.54, 1.807) is 26.2 Å². The second-order valence-corrected chi connectivity index (χ2v) is 4.79. The van der Waals surface area contributed by atoms with Crippen LogP contribution in [0.2, 0.25) is 0 Å². The quantitative estimate of drug-likeness (QED) is 0.634. The molecular formula is C12H9F3N4S. The summed E-state index contributed by atoms with van der Waals surface area (Å²) in [7, 11) is 3.25. The largest absolute Gasteiger partial charge is 0.417 e. The second-order valence-electron chi connectivity index (χ2n) is 3.78. The smallest absolute Gasteiger partial charge is 0.370 e. The van der Waals surface area contributed by atoms with Gasteiger partial charge in [-0.25, -0.2) is 4.98 Å². The Morgan fingerprint density at radius 3 is 2.20 bits per heavy atom. The Labute approximate surface area is 118 Å². The first-order valence-electron chi connectivity index (χ1n) is 5.22. The van der Waals surface area contributed by atoms with Crippen LogP contribution in [0.15, 0.2) is 34.0 Å². The number of nitriles is 2. The third kappa shape index (κ3) is 3.90. The minimum atomic E-state index is -4.44. The van der Waals surface area contributed by atoms with E-state index in [0.717, 1.165) is 17.8 Å². The molecule has 0 spiro atoms. The Hall–Kier alpha value is -2.19. The number of thioether (sulfide) groups is 1. The Morgan fingerprint density at radius 1 is 1.25 bits per heavy atom. The van der Waals surface area contributed by atoms with E-state index in [1.807, 2.05) is 0 Å². The first kappa shape index (κ1) is 15.9. The predicted molar refractivity (Wildman–Crippen MR) is 67.0 cm³/mol. The second kappa shape index (κ2) is 6.31. The molecule has 0 saturated carbocycles. The lowest BCUT2D eigenvalue weighted by molar-refractivity contribution is -0.137. The highest BCUT2D eigenvalue weighted by molar-refractivity contribution is 8.03. The van der Waals surface area contributed by atoms with Crippen molar-refractivity contribution in [3.05, 3.63) is 34.5 Å². The molecule has 4 nitrogen and oxygen atoms in total. The van der Waals surface area contributed by atoms with Crippen LogP contribution in [0.25, 0.3) is 0 Å². The Balaban J connectivity index is 3.07. The van der Waals surface area contributed by atoms with Gasteiger partial charge in [0.15, 0.2) is 5.57 Å². The van der Waals surface area contributed by atoms with Gasteiger partial charge in [0, 0.05) is 20.3 Å². The van der Waals surface area contributed by atoms with Crippen molar-refractivity contribution in [2.75, 3.05) is 14.1 Å². The zero-order valence-electron chi connectivity index (χ0n) is 10.6. The van der Waals surface area contributed by atoms with E-state index in [2.05, 4.69) is 4.98 Å². The number of halogens is 3. The maximum atomic E-state index is 12.4. The van der Waals surface area contributed by atoms with E-state index in [4.69, 9.17) is 10.5 Å². The minimum Gasteiger partial charge on any atom is -0.370 e. The molecule has 0 atom stereocenters. The number of pyridine rings is 1. The average molecular weight is 298 g/mol. The molecule has 1 aromatic rings. The first-order valence-corrected chi connectivity index (χ1v) is 6.04. The molecule has 0 radical (unpaired) electrons. The van der Waals surface area contributed by atoms with Gasteiger partial charge in [-0.2, -0.15) is 23.7 Å². The molecule has 20 heavy (non-hydrogen) atoms. The van der Waals surface area contributed by atoms with E-state index in [1.165, 1.54) is 11.0 Å². The molecule has 104 valence electrons. The van der Waals surface area contributed by atoms with Crippen molar-refractivity contribution in [2.45, 2.75) is 11.2 Å². The Morgan fingerprint density at radius 2 is 1.85 bits per heavy atom. The van der Waals surface area contributed by atoms with Crippen molar-refractivity contribution < 1.29 is 13.2 Å². The Kier molecular flexibility index (Phi) is 5.00. The van der Waals surface area contributed by atoms with Gasteiger partial charge in [0.2, 0.25) is 0 Å². The molecule has 0 unspecified atom stereocenters. The van der Waals surface area contributed by atoms with Crippen LogP contribution in [0.1, 0.15) is 5.56 Å². The van der Waals surface area contributed by atoms with E-state index in [-0.39, 0.29) is 10.6 Å². The number of rotatable bonds is 3. The summed E-state index contributed by atoms with van der Waals surface area (Å²) in [6.07, 6.45) is -3.73. The summed E-state index contributed by atoms with van der Waals surface area (Å²) in [5, 5.41) is 18.3. The fourth-order valence-electron chi connectivity index (χ4n) is 1.19. The standard InChI is InChI=1S/C12H9F3N4S/c1-19(2)11(8(5-16)6-17)20-10-4-3-9(7-18-10)12(13,14)15/h3-4,7H,1-2H3. The number of nitrogens with zero attached hydrogens (tertiary/aromatic N) is 4. The molecule has 1 aromatic heterocycles. The third-order valence-electron chi connectivity index (χ3n) is 2.11. The van der Waals surface area contributed by atoms with Gasteiger partial charge >= 0.3 is 6.18 Å². The summed E-state index contributed by atoms with van der Waals surface area (Å²) >= 11 is 0.956. The molecule has 8 heteroatoms. The molecule has 0 saturated heterocycles. The number of allylic oxidation sites excluding steroid dienone is 1. The van der Waals surface area contributed by atoms with Crippen LogP contribution in [0.3, 0.4) is 0 Å². The van der Waals surface area contributed by atoms with Gasteiger partial charge in [-0.05, 0) is 12.1 Å². The van der Waals surface area contributed by atoms with Gasteiger partial charge < -0.3 is 4.90 Å². The van der Waals surface area contributed by atoms with Gasteiger partial charge in [0.25, 0.3) is 0 Å². The van der Waals surface area contributed by atoms with Gasteiger partial charge in [-0.15, -0.1) is 0 Å². The summed E-state index contributed by atoms with van der Waals surface area (Å²) in [5.74, 6) is 0. The van der Waals surface area contributed by atoms with Crippen LogP contribution >= 0.6 is 11.8 Å². The molecule has 1 heterocycles. The molecule has 0 bridgehead atoms. The van der Waals surface area contributed by atoms with E-state index in [9.17, 15) is 13.2 Å². The zero-order valence-corrected chi connectivity index (χ0v) is 11.4. The highest BCUT2D eigenvalue weighted by Gasteiger charge is 2.30. The maximum absolute atomic E-state index is 12.4. The summed E-state index contributed by atoms with van der Waals surface area (Å²) in [6.45, 7) is 0. The van der Waals surface area contributed by atoms with Crippen molar-refractivity contribution in [1.29, 1.82) is 10.5 Å². The molecule has 1 rings (SSSR count). The Bertz CT molecular complexity index is 575. The van der Waals surface area contributed by atoms with Crippen LogP contribution in [0, 0.1) is 22.7 Å². The molecule has 0 aliphatic heterocycles. The molecule has 0 aromatic carbocycles. The summed E-state index contributed by atoms with van der Waals surface area (Å²) < 4.78 is 37.2. The number of hydrogen-bond donors (Lipinski definition) is 0. The van der Waals surface area contributed by atoms with Crippen molar-refractivity contribution in [1.82, 2.24) is 9.88 Å². The molecule has 0 aliphatic rings. The van der Waals surface area contributed by atoms with Crippen LogP contribution in [0.5, 0.6) is 0 Å². The zero-order chi connectivity index (χ0) is 15.3. The van der Waals surface area contributed by atoms with E-state index in [0.29, 0.717) is 11.2 Å². The van der Waals surface area contributed by atoms with Crippen LogP contribution < -0.4 is 0 Å². The maximum Gasteiger partial charge on any atom is 0.417 e. The topological polar surface area (TPSA) is 63.7 Å². The van der Waals surface area contributed by atoms with Crippen LogP contribution in [-0.2, 0) is 6.18 Å². The van der Waals surface area contributed by atoms with Gasteiger partial charge in [-0.3, -0.25) is 0 Å². The fourth-order valence-corrected chi connectivity index (χ4v) is 2.01. The molecule has 0 N–H and O–H groups in total. The lowest BCUT2D eigenvalue weighted by atomic mass is 10.3. The lowest BCUT2D eigenvalue weighted by Gasteiger charge is -2.16. The number of aromatic nitrogens is 1. The first-order chi connectivity index (χ1) is 9.29. The normalized spacial score (nSPS) is 10.3. The van der Waals surface area contributed by atoms with Gasteiger partial charge in [0.05, 0.1) is 5.56 Å². The van der Waals surface area contributed by atoms with E-state index < -0.39 is 11.7 Å². The van der Waals surface area contributed by atoms with E-state index >= 15 is 0 Å². The third-order valence-corrected chi connectivity index (χ3v) is 3.32. The lowest BCUT2D eigenvalue weighted by Crippen LogP contribution is -2.11. The summed E-state index contributed by atoms with van der Waals surface area (Å²) in [6, 6.07) is 5.58. The van der Waals surface area contributed by atoms with Crippen LogP contribution in [0.4, 0.5) is 13.2 Å². The monoisotopic (exact) mass is 298 g/mol. The molecule has 0 amide bonds. The number of hydrogen-bond acceptors (Lipinski definition) is 5. The van der Waals surface area contributed by atoms with Crippen molar-refractivity contribution in [3.63, 3.8) is 0 Å². The molecular weight excluding hydrogens is 289 g/mol. The average Bonchev–Trinajstić information content (AvgIpc) is 2.38. The minimum absolute atomic E-state index is 0.123. The summed E-state index contributed by atoms with van der Waals surface area (Å²) in [4.78, 5) is 5.22. The SMILES string of the molecule is CN(C)C(Sc1ccc(C(F)(F)F)cn1)=C(C#N)C#N. The highest BCUT2D eigenvalue weighted by Crippen LogP contribution is 2.32. The van der Waals surface area contributed by atoms with Gasteiger partial charge in [-0.1, -0.05) is 11.8 Å². The van der Waals surface area contributed by atoms with Crippen molar-refractivity contribution in [2.24, 2.45) is 0 Å². The van der Waals surface area contributed by atoms with Crippen molar-refractivity contribution in [3.8, 4) is 12.1 Å². The highest BCUT2D eigenvalue weighted by atomic mass is 32.2.